The van der Waals surface area contributed by atoms with Crippen LogP contribution in [-0.4, -0.2) is 37.9 Å². The van der Waals surface area contributed by atoms with Crippen LogP contribution < -0.4 is 5.32 Å². The number of hydrogen-bond donors (Lipinski definition) is 1. The maximum Gasteiger partial charge on any atom is 0.273 e. The van der Waals surface area contributed by atoms with Crippen molar-refractivity contribution in [1.82, 2.24) is 24.8 Å². The van der Waals surface area contributed by atoms with E-state index in [0.717, 1.165) is 30.5 Å². The van der Waals surface area contributed by atoms with Gasteiger partial charge in [-0.2, -0.15) is 10.4 Å². The van der Waals surface area contributed by atoms with Crippen LogP contribution in [0.4, 0.5) is 4.39 Å². The molecular formula is C31H27FN6O2. The molecule has 0 bridgehead atoms. The van der Waals surface area contributed by atoms with Gasteiger partial charge in [0.05, 0.1) is 11.7 Å². The zero-order chi connectivity index (χ0) is 27.5. The molecular weight excluding hydrogens is 507 g/mol. The molecule has 2 fully saturated rings. The molecule has 2 saturated carbocycles. The number of nitrogens with one attached hydrogen (secondary N) is 1. The number of halogens is 1. The van der Waals surface area contributed by atoms with Crippen molar-refractivity contribution in [1.29, 1.82) is 5.26 Å². The molecule has 40 heavy (non-hydrogen) atoms. The van der Waals surface area contributed by atoms with Gasteiger partial charge in [0.1, 0.15) is 11.5 Å². The first-order valence-electron chi connectivity index (χ1n) is 13.7. The molecule has 2 amide bonds. The second-order valence-corrected chi connectivity index (χ2v) is 11.1. The minimum atomic E-state index is -0.433. The summed E-state index contributed by atoms with van der Waals surface area (Å²) in [7, 11) is 0. The lowest BCUT2D eigenvalue weighted by atomic mass is 9.93. The van der Waals surface area contributed by atoms with Crippen LogP contribution in [0.25, 0.3) is 16.9 Å². The van der Waals surface area contributed by atoms with Crippen LogP contribution in [0.1, 0.15) is 76.9 Å². The van der Waals surface area contributed by atoms with E-state index in [2.05, 4.69) is 24.4 Å². The normalized spacial score (nSPS) is 21.5. The molecule has 9 heteroatoms. The van der Waals surface area contributed by atoms with Gasteiger partial charge in [0.25, 0.3) is 5.91 Å². The first-order valence-corrected chi connectivity index (χ1v) is 13.7. The average Bonchev–Trinajstić information content (AvgIpc) is 3.89. The van der Waals surface area contributed by atoms with Crippen molar-refractivity contribution in [3.63, 3.8) is 0 Å². The van der Waals surface area contributed by atoms with Crippen molar-refractivity contribution >= 4 is 17.5 Å². The van der Waals surface area contributed by atoms with Crippen LogP contribution in [0.15, 0.2) is 54.6 Å². The number of nitriles is 1. The van der Waals surface area contributed by atoms with E-state index in [1.807, 2.05) is 29.2 Å². The number of benzene rings is 2. The molecule has 4 aromatic rings. The van der Waals surface area contributed by atoms with E-state index in [4.69, 9.17) is 15.3 Å². The third kappa shape index (κ3) is 4.11. The summed E-state index contributed by atoms with van der Waals surface area (Å²) in [5, 5.41) is 15.5. The van der Waals surface area contributed by atoms with E-state index in [1.165, 1.54) is 17.2 Å². The minimum Gasteiger partial charge on any atom is -0.330 e. The molecule has 2 aromatic carbocycles. The summed E-state index contributed by atoms with van der Waals surface area (Å²) in [6, 6.07) is 16.7. The molecule has 2 aliphatic carbocycles. The van der Waals surface area contributed by atoms with Crippen LogP contribution in [0.2, 0.25) is 0 Å². The molecule has 2 aromatic heterocycles. The number of rotatable bonds is 5. The summed E-state index contributed by atoms with van der Waals surface area (Å²) >= 11 is 0. The Bertz CT molecular complexity index is 1740. The zero-order valence-electron chi connectivity index (χ0n) is 22.0. The van der Waals surface area contributed by atoms with Gasteiger partial charge in [-0.05, 0) is 73.4 Å². The standard InChI is InChI=1S/C31H27FN6O2/c1-17-21-5-3-2-4-18(21)10-11-37(17)31(40)27-14-28(19-6-7-19)38-29(35-27)15-26(36-38)22-9-8-20(12-25(22)32)23-13-24(23)30(39)34-16-33/h2-5,8-9,12,14-15,17,19,23-24H,6-7,10-11,13H2,1H3,(H,34,39)/t17-,23?,24?/m1/s1. The van der Waals surface area contributed by atoms with Gasteiger partial charge in [-0.25, -0.2) is 13.9 Å². The highest BCUT2D eigenvalue weighted by Gasteiger charge is 2.44. The monoisotopic (exact) mass is 534 g/mol. The number of fused-ring (bicyclic) bond motifs is 2. The van der Waals surface area contributed by atoms with Crippen molar-refractivity contribution in [2.75, 3.05) is 6.54 Å². The minimum absolute atomic E-state index is 0.0509. The molecule has 0 saturated heterocycles. The smallest absolute Gasteiger partial charge is 0.273 e. The van der Waals surface area contributed by atoms with E-state index in [-0.39, 0.29) is 29.7 Å². The van der Waals surface area contributed by atoms with E-state index in [9.17, 15) is 9.59 Å². The molecule has 1 N–H and O–H groups in total. The Hall–Kier alpha value is -4.58. The Morgan fingerprint density at radius 1 is 1.12 bits per heavy atom. The van der Waals surface area contributed by atoms with Crippen LogP contribution in [0.5, 0.6) is 0 Å². The fourth-order valence-electron chi connectivity index (χ4n) is 6.08. The summed E-state index contributed by atoms with van der Waals surface area (Å²) in [5.41, 5.74) is 5.78. The van der Waals surface area contributed by atoms with Gasteiger partial charge in [-0.3, -0.25) is 14.9 Å². The maximum atomic E-state index is 15.3. The summed E-state index contributed by atoms with van der Waals surface area (Å²) in [6.45, 7) is 2.68. The number of carbonyl (C=O) groups is 2. The fourth-order valence-corrected chi connectivity index (χ4v) is 6.08. The van der Waals surface area contributed by atoms with Gasteiger partial charge in [0.15, 0.2) is 11.8 Å². The SMILES string of the molecule is C[C@@H]1c2ccccc2CCN1C(=O)c1cc(C2CC2)n2nc(-c3ccc(C4CC4C(=O)NC#N)cc3F)cc2n1. The molecule has 0 spiro atoms. The van der Waals surface area contributed by atoms with Crippen LogP contribution >= 0.6 is 0 Å². The van der Waals surface area contributed by atoms with Crippen LogP contribution in [0, 0.1) is 23.2 Å². The average molecular weight is 535 g/mol. The molecule has 3 heterocycles. The summed E-state index contributed by atoms with van der Waals surface area (Å²) in [5.74, 6) is -0.981. The zero-order valence-corrected chi connectivity index (χ0v) is 22.0. The van der Waals surface area contributed by atoms with Gasteiger partial charge >= 0.3 is 0 Å². The molecule has 0 radical (unpaired) electrons. The molecule has 2 unspecified atom stereocenters. The van der Waals surface area contributed by atoms with Crippen molar-refractivity contribution in [3.8, 4) is 17.5 Å². The van der Waals surface area contributed by atoms with E-state index < -0.39 is 5.82 Å². The van der Waals surface area contributed by atoms with Gasteiger partial charge in [0, 0.05) is 35.7 Å². The molecule has 200 valence electrons. The lowest BCUT2D eigenvalue weighted by molar-refractivity contribution is -0.121. The Morgan fingerprint density at radius 3 is 2.73 bits per heavy atom. The summed E-state index contributed by atoms with van der Waals surface area (Å²) < 4.78 is 17.1. The van der Waals surface area contributed by atoms with E-state index >= 15 is 4.39 Å². The summed E-state index contributed by atoms with van der Waals surface area (Å²) in [6.07, 6.45) is 5.08. The Morgan fingerprint density at radius 2 is 1.95 bits per heavy atom. The third-order valence-electron chi connectivity index (χ3n) is 8.53. The quantitative estimate of drug-likeness (QED) is 0.291. The van der Waals surface area contributed by atoms with Crippen molar-refractivity contribution in [2.24, 2.45) is 5.92 Å². The number of carbonyl (C=O) groups excluding carboxylic acids is 2. The van der Waals surface area contributed by atoms with Crippen molar-refractivity contribution in [3.05, 3.63) is 88.5 Å². The van der Waals surface area contributed by atoms with E-state index in [1.54, 1.807) is 22.8 Å². The Balaban J connectivity index is 1.20. The molecule has 8 nitrogen and oxygen atoms in total. The number of amides is 2. The van der Waals surface area contributed by atoms with Gasteiger partial charge in [0.2, 0.25) is 5.91 Å². The van der Waals surface area contributed by atoms with Gasteiger partial charge in [-0.15, -0.1) is 0 Å². The number of hydrogen-bond acceptors (Lipinski definition) is 5. The van der Waals surface area contributed by atoms with Crippen LogP contribution in [-0.2, 0) is 11.2 Å². The molecule has 3 atom stereocenters. The second kappa shape index (κ2) is 9.26. The highest BCUT2D eigenvalue weighted by atomic mass is 19.1. The lowest BCUT2D eigenvalue weighted by Gasteiger charge is -2.35. The first-order chi connectivity index (χ1) is 19.4. The largest absolute Gasteiger partial charge is 0.330 e. The molecule has 1 aliphatic heterocycles. The Labute approximate surface area is 230 Å². The summed E-state index contributed by atoms with van der Waals surface area (Å²) in [4.78, 5) is 32.3. The highest BCUT2D eigenvalue weighted by molar-refractivity contribution is 5.93. The fraction of sp³-hybridized carbons (Fsp3) is 0.323. The van der Waals surface area contributed by atoms with Crippen molar-refractivity contribution in [2.45, 2.75) is 50.5 Å². The first kappa shape index (κ1) is 24.5. The van der Waals surface area contributed by atoms with E-state index in [0.29, 0.717) is 41.5 Å². The Kier molecular flexibility index (Phi) is 5.66. The molecule has 3 aliphatic rings. The number of aromatic nitrogens is 3. The third-order valence-corrected chi connectivity index (χ3v) is 8.53. The predicted molar refractivity (Wildman–Crippen MR) is 145 cm³/mol. The maximum absolute atomic E-state index is 15.3. The lowest BCUT2D eigenvalue weighted by Crippen LogP contribution is -2.39. The number of nitrogens with zero attached hydrogens (tertiary/aromatic N) is 5. The topological polar surface area (TPSA) is 103 Å². The van der Waals surface area contributed by atoms with Crippen LogP contribution in [0.3, 0.4) is 0 Å². The predicted octanol–water partition coefficient (Wildman–Crippen LogP) is 4.87. The molecule has 7 rings (SSSR count). The van der Waals surface area contributed by atoms with Gasteiger partial charge < -0.3 is 4.90 Å². The second-order valence-electron chi connectivity index (χ2n) is 11.1. The van der Waals surface area contributed by atoms with Crippen molar-refractivity contribution < 1.29 is 14.0 Å². The van der Waals surface area contributed by atoms with Gasteiger partial charge in [-0.1, -0.05) is 30.3 Å². The highest BCUT2D eigenvalue weighted by Crippen LogP contribution is 2.48.